The molecule has 2 heterocycles. The Labute approximate surface area is 183 Å². The minimum atomic E-state index is 0.206. The van der Waals surface area contributed by atoms with E-state index in [1.54, 1.807) is 47.2 Å². The fraction of sp³-hybridized carbons (Fsp3) is 0.0833. The molecule has 0 amide bonds. The van der Waals surface area contributed by atoms with Gasteiger partial charge in [0.1, 0.15) is 11.5 Å². The average Bonchev–Trinajstić information content (AvgIpc) is 3.47. The number of phenolic OH excluding ortho intramolecular Hbond substituents is 2. The van der Waals surface area contributed by atoms with Gasteiger partial charge in [0, 0.05) is 33.3 Å². The Morgan fingerprint density at radius 2 is 1.13 bits per heavy atom. The van der Waals surface area contributed by atoms with E-state index in [1.165, 1.54) is 0 Å². The van der Waals surface area contributed by atoms with Crippen molar-refractivity contribution in [3.05, 3.63) is 82.6 Å². The minimum absolute atomic E-state index is 0.206. The lowest BCUT2D eigenvalue weighted by Gasteiger charge is -2.03. The van der Waals surface area contributed by atoms with Crippen molar-refractivity contribution in [1.82, 2.24) is 0 Å². The van der Waals surface area contributed by atoms with Gasteiger partial charge in [-0.05, 0) is 70.4 Å². The van der Waals surface area contributed by atoms with Crippen LogP contribution in [-0.2, 0) is 0 Å². The second kappa shape index (κ2) is 9.52. The number of aromatic hydroxyl groups is 2. The van der Waals surface area contributed by atoms with Crippen LogP contribution in [0.25, 0.3) is 20.9 Å². The van der Waals surface area contributed by atoms with E-state index >= 15 is 0 Å². The molecule has 0 aliphatic heterocycles. The second-order valence-corrected chi connectivity index (χ2v) is 8.47. The van der Waals surface area contributed by atoms with E-state index in [0.29, 0.717) is 24.2 Å². The standard InChI is InChI=1S/C24H20N2O2S2/c27-21-7-5-17(23-3-1-11-29-23)13-19(21)15-25-9-10-26-16-20-14-18(6-8-22(20)28)24-4-2-12-30-24/h1-8,11-16,27-28H,9-10H2/b25-15+,26-16+. The molecule has 4 nitrogen and oxygen atoms in total. The Morgan fingerprint density at radius 3 is 1.53 bits per heavy atom. The Morgan fingerprint density at radius 1 is 0.667 bits per heavy atom. The number of thiophene rings is 2. The van der Waals surface area contributed by atoms with Gasteiger partial charge >= 0.3 is 0 Å². The molecule has 150 valence electrons. The molecule has 0 aliphatic carbocycles. The Balaban J connectivity index is 1.37. The van der Waals surface area contributed by atoms with Crippen molar-refractivity contribution in [1.29, 1.82) is 0 Å². The van der Waals surface area contributed by atoms with Crippen molar-refractivity contribution in [2.24, 2.45) is 9.98 Å². The summed E-state index contributed by atoms with van der Waals surface area (Å²) in [6.07, 6.45) is 3.35. The molecule has 4 rings (SSSR count). The maximum absolute atomic E-state index is 10.1. The minimum Gasteiger partial charge on any atom is -0.507 e. The first-order chi connectivity index (χ1) is 14.7. The zero-order valence-electron chi connectivity index (χ0n) is 16.1. The van der Waals surface area contributed by atoms with Crippen molar-refractivity contribution < 1.29 is 10.2 Å². The van der Waals surface area contributed by atoms with Gasteiger partial charge in [-0.25, -0.2) is 0 Å². The molecule has 0 bridgehead atoms. The first-order valence-electron chi connectivity index (χ1n) is 9.44. The highest BCUT2D eigenvalue weighted by Gasteiger charge is 2.04. The molecule has 0 saturated heterocycles. The van der Waals surface area contributed by atoms with Crippen LogP contribution in [0.3, 0.4) is 0 Å². The van der Waals surface area contributed by atoms with Gasteiger partial charge in [0.15, 0.2) is 0 Å². The Hall–Kier alpha value is -3.22. The molecular weight excluding hydrogens is 412 g/mol. The van der Waals surface area contributed by atoms with Gasteiger partial charge in [-0.2, -0.15) is 0 Å². The Bertz CT molecular complexity index is 1070. The molecule has 0 unspecified atom stereocenters. The van der Waals surface area contributed by atoms with Crippen LogP contribution in [0.5, 0.6) is 11.5 Å². The molecule has 0 aliphatic rings. The van der Waals surface area contributed by atoms with Gasteiger partial charge in [-0.3, -0.25) is 9.98 Å². The molecule has 2 aromatic heterocycles. The van der Waals surface area contributed by atoms with Gasteiger partial charge in [-0.1, -0.05) is 12.1 Å². The Kier molecular flexibility index (Phi) is 6.37. The third-order valence-corrected chi connectivity index (χ3v) is 6.32. The van der Waals surface area contributed by atoms with E-state index in [4.69, 9.17) is 0 Å². The molecule has 2 N–H and O–H groups in total. The number of benzene rings is 2. The molecule has 0 spiro atoms. The van der Waals surface area contributed by atoms with Crippen LogP contribution < -0.4 is 0 Å². The number of phenols is 2. The number of hydrogen-bond donors (Lipinski definition) is 2. The summed E-state index contributed by atoms with van der Waals surface area (Å²) in [5, 5.41) is 24.2. The summed E-state index contributed by atoms with van der Waals surface area (Å²) in [5.74, 6) is 0.413. The normalized spacial score (nSPS) is 11.6. The summed E-state index contributed by atoms with van der Waals surface area (Å²) in [7, 11) is 0. The van der Waals surface area contributed by atoms with Gasteiger partial charge in [0.25, 0.3) is 0 Å². The molecule has 2 aromatic carbocycles. The maximum Gasteiger partial charge on any atom is 0.124 e. The molecule has 30 heavy (non-hydrogen) atoms. The zero-order valence-corrected chi connectivity index (χ0v) is 17.7. The third-order valence-electron chi connectivity index (χ3n) is 4.49. The van der Waals surface area contributed by atoms with Gasteiger partial charge in [0.05, 0.1) is 13.1 Å². The summed E-state index contributed by atoms with van der Waals surface area (Å²) in [6, 6.07) is 19.2. The van der Waals surface area contributed by atoms with Crippen molar-refractivity contribution in [3.8, 4) is 32.4 Å². The molecular formula is C24H20N2O2S2. The summed E-state index contributed by atoms with van der Waals surface area (Å²) in [4.78, 5) is 11.1. The smallest absolute Gasteiger partial charge is 0.124 e. The lowest BCUT2D eigenvalue weighted by Crippen LogP contribution is -1.92. The van der Waals surface area contributed by atoms with Crippen molar-refractivity contribution in [2.75, 3.05) is 13.1 Å². The van der Waals surface area contributed by atoms with Crippen molar-refractivity contribution in [2.45, 2.75) is 0 Å². The molecule has 0 fully saturated rings. The highest BCUT2D eigenvalue weighted by Crippen LogP contribution is 2.29. The number of nitrogens with zero attached hydrogens (tertiary/aromatic N) is 2. The van der Waals surface area contributed by atoms with Crippen molar-refractivity contribution >= 4 is 35.1 Å². The first kappa shape index (κ1) is 20.1. The maximum atomic E-state index is 10.1. The predicted molar refractivity (Wildman–Crippen MR) is 128 cm³/mol. The van der Waals surface area contributed by atoms with Crippen LogP contribution in [0.15, 0.2) is 81.4 Å². The zero-order chi connectivity index (χ0) is 20.8. The number of rotatable bonds is 7. The number of hydrogen-bond acceptors (Lipinski definition) is 6. The van der Waals surface area contributed by atoms with E-state index in [2.05, 4.69) is 22.1 Å². The highest BCUT2D eigenvalue weighted by molar-refractivity contribution is 7.13. The molecule has 0 atom stereocenters. The summed E-state index contributed by atoms with van der Waals surface area (Å²) >= 11 is 3.32. The van der Waals surface area contributed by atoms with Gasteiger partial charge in [0.2, 0.25) is 0 Å². The number of aliphatic imine (C=N–C) groups is 2. The van der Waals surface area contributed by atoms with E-state index in [9.17, 15) is 10.2 Å². The fourth-order valence-corrected chi connectivity index (χ4v) is 4.40. The lowest BCUT2D eigenvalue weighted by atomic mass is 10.1. The average molecular weight is 433 g/mol. The first-order valence-corrected chi connectivity index (χ1v) is 11.2. The topological polar surface area (TPSA) is 65.2 Å². The van der Waals surface area contributed by atoms with Crippen LogP contribution in [0.4, 0.5) is 0 Å². The monoisotopic (exact) mass is 432 g/mol. The van der Waals surface area contributed by atoms with Crippen LogP contribution in [0.1, 0.15) is 11.1 Å². The van der Waals surface area contributed by atoms with Crippen molar-refractivity contribution in [3.63, 3.8) is 0 Å². The third kappa shape index (κ3) is 4.84. The SMILES string of the molecule is Oc1ccc(-c2cccs2)cc1/C=N/CC/N=C/c1cc(-c2cccs2)ccc1O. The summed E-state index contributed by atoms with van der Waals surface area (Å²) in [5.41, 5.74) is 3.49. The summed E-state index contributed by atoms with van der Waals surface area (Å²) < 4.78 is 0. The summed E-state index contributed by atoms with van der Waals surface area (Å²) in [6.45, 7) is 0.981. The van der Waals surface area contributed by atoms with E-state index in [0.717, 1.165) is 20.9 Å². The molecule has 6 heteroatoms. The van der Waals surface area contributed by atoms with Crippen LogP contribution in [0, 0.1) is 0 Å². The quantitative estimate of drug-likeness (QED) is 0.274. The van der Waals surface area contributed by atoms with E-state index in [-0.39, 0.29) is 11.5 Å². The van der Waals surface area contributed by atoms with E-state index in [1.807, 2.05) is 47.2 Å². The largest absolute Gasteiger partial charge is 0.507 e. The highest BCUT2D eigenvalue weighted by atomic mass is 32.1. The molecule has 4 aromatic rings. The lowest BCUT2D eigenvalue weighted by molar-refractivity contribution is 0.474. The fourth-order valence-electron chi connectivity index (χ4n) is 2.95. The molecule has 0 radical (unpaired) electrons. The van der Waals surface area contributed by atoms with Crippen LogP contribution in [-0.4, -0.2) is 35.7 Å². The van der Waals surface area contributed by atoms with Gasteiger partial charge in [-0.15, -0.1) is 22.7 Å². The van der Waals surface area contributed by atoms with Crippen LogP contribution >= 0.6 is 22.7 Å². The van der Waals surface area contributed by atoms with Crippen LogP contribution in [0.2, 0.25) is 0 Å². The predicted octanol–water partition coefficient (Wildman–Crippen LogP) is 6.09. The van der Waals surface area contributed by atoms with E-state index < -0.39 is 0 Å². The molecule has 0 saturated carbocycles. The van der Waals surface area contributed by atoms with Gasteiger partial charge < -0.3 is 10.2 Å². The second-order valence-electron chi connectivity index (χ2n) is 6.57.